The van der Waals surface area contributed by atoms with Crippen LogP contribution in [0.4, 0.5) is 5.69 Å². The highest BCUT2D eigenvalue weighted by atomic mass is 16.5. The van der Waals surface area contributed by atoms with Crippen molar-refractivity contribution < 1.29 is 14.3 Å². The van der Waals surface area contributed by atoms with Gasteiger partial charge in [0.2, 0.25) is 11.8 Å². The van der Waals surface area contributed by atoms with E-state index in [-0.39, 0.29) is 23.7 Å². The summed E-state index contributed by atoms with van der Waals surface area (Å²) in [5.41, 5.74) is 0.746. The minimum absolute atomic E-state index is 0.0485. The van der Waals surface area contributed by atoms with Gasteiger partial charge in [0, 0.05) is 18.3 Å². The number of nitrogens with zero attached hydrogens (tertiary/aromatic N) is 1. The van der Waals surface area contributed by atoms with Crippen LogP contribution in [-0.4, -0.2) is 35.9 Å². The van der Waals surface area contributed by atoms with E-state index in [0.717, 1.165) is 37.2 Å². The lowest BCUT2D eigenvalue weighted by Crippen LogP contribution is -2.44. The first-order valence-electron chi connectivity index (χ1n) is 9.48. The minimum Gasteiger partial charge on any atom is -0.494 e. The average molecular weight is 344 g/mol. The van der Waals surface area contributed by atoms with Crippen LogP contribution in [0.3, 0.4) is 0 Å². The van der Waals surface area contributed by atoms with Gasteiger partial charge in [-0.05, 0) is 63.3 Å². The summed E-state index contributed by atoms with van der Waals surface area (Å²) in [5.74, 6) is 0.606. The predicted octanol–water partition coefficient (Wildman–Crippen LogP) is 3.45. The molecule has 2 aliphatic rings. The van der Waals surface area contributed by atoms with Crippen LogP contribution in [0, 0.1) is 11.8 Å². The Morgan fingerprint density at radius 1 is 1.16 bits per heavy atom. The number of hydrogen-bond acceptors (Lipinski definition) is 3. The fourth-order valence-electron chi connectivity index (χ4n) is 3.72. The molecule has 0 radical (unpaired) electrons. The molecule has 25 heavy (non-hydrogen) atoms. The van der Waals surface area contributed by atoms with E-state index in [4.69, 9.17) is 4.74 Å². The Labute approximate surface area is 149 Å². The average Bonchev–Trinajstić information content (AvgIpc) is 3.44. The van der Waals surface area contributed by atoms with Gasteiger partial charge in [0.15, 0.2) is 0 Å². The van der Waals surface area contributed by atoms with E-state index in [0.29, 0.717) is 19.1 Å². The number of piperidine rings is 1. The van der Waals surface area contributed by atoms with Gasteiger partial charge in [-0.3, -0.25) is 9.59 Å². The highest BCUT2D eigenvalue weighted by Crippen LogP contribution is 2.42. The highest BCUT2D eigenvalue weighted by Gasteiger charge is 2.50. The van der Waals surface area contributed by atoms with Gasteiger partial charge in [-0.15, -0.1) is 0 Å². The Bertz CT molecular complexity index is 614. The smallest absolute Gasteiger partial charge is 0.228 e. The van der Waals surface area contributed by atoms with Crippen molar-refractivity contribution in [1.29, 1.82) is 0 Å². The third-order valence-corrected chi connectivity index (χ3v) is 5.26. The van der Waals surface area contributed by atoms with E-state index in [1.54, 1.807) is 0 Å². The molecule has 3 unspecified atom stereocenters. The molecule has 1 saturated heterocycles. The molecule has 136 valence electrons. The number of hydrogen-bond donors (Lipinski definition) is 1. The minimum atomic E-state index is -0.182. The monoisotopic (exact) mass is 344 g/mol. The number of carbonyl (C=O) groups is 2. The van der Waals surface area contributed by atoms with Crippen molar-refractivity contribution in [3.05, 3.63) is 24.3 Å². The summed E-state index contributed by atoms with van der Waals surface area (Å²) in [6.45, 7) is 5.54. The Morgan fingerprint density at radius 3 is 2.60 bits per heavy atom. The second-order valence-electron chi connectivity index (χ2n) is 6.98. The Kier molecular flexibility index (Phi) is 5.61. The molecule has 1 heterocycles. The summed E-state index contributed by atoms with van der Waals surface area (Å²) in [6, 6.07) is 7.71. The van der Waals surface area contributed by atoms with Gasteiger partial charge < -0.3 is 15.0 Å². The first kappa shape index (κ1) is 17.8. The van der Waals surface area contributed by atoms with Crippen LogP contribution < -0.4 is 10.1 Å². The van der Waals surface area contributed by atoms with E-state index in [9.17, 15) is 9.59 Å². The van der Waals surface area contributed by atoms with Gasteiger partial charge in [-0.1, -0.05) is 6.92 Å². The van der Waals surface area contributed by atoms with Gasteiger partial charge in [0.25, 0.3) is 0 Å². The molecular formula is C20H28N2O3. The van der Waals surface area contributed by atoms with Crippen molar-refractivity contribution in [1.82, 2.24) is 4.90 Å². The molecule has 2 amide bonds. The van der Waals surface area contributed by atoms with Crippen molar-refractivity contribution >= 4 is 17.5 Å². The van der Waals surface area contributed by atoms with Crippen LogP contribution in [0.15, 0.2) is 24.3 Å². The van der Waals surface area contributed by atoms with E-state index >= 15 is 0 Å². The zero-order valence-electron chi connectivity index (χ0n) is 15.2. The third kappa shape index (κ3) is 4.14. The van der Waals surface area contributed by atoms with Crippen molar-refractivity contribution in [2.75, 3.05) is 18.5 Å². The molecule has 5 heteroatoms. The third-order valence-electron chi connectivity index (χ3n) is 5.26. The van der Waals surface area contributed by atoms with Crippen LogP contribution in [0.2, 0.25) is 0 Å². The van der Waals surface area contributed by atoms with Crippen molar-refractivity contribution in [3.63, 3.8) is 0 Å². The summed E-state index contributed by atoms with van der Waals surface area (Å²) < 4.78 is 5.40. The number of ether oxygens (including phenoxy) is 1. The number of likely N-dealkylation sites (tertiary alicyclic amines) is 1. The standard InChI is InChI=1S/C20H28N2O3/c1-3-15-7-5-6-12-22(15)20(24)18-13-17(18)19(23)21-14-8-10-16(11-9-14)25-4-2/h8-11,15,17-18H,3-7,12-13H2,1-2H3,(H,21,23). The predicted molar refractivity (Wildman–Crippen MR) is 97.5 cm³/mol. The lowest BCUT2D eigenvalue weighted by atomic mass is 9.99. The normalized spacial score (nSPS) is 25.4. The number of rotatable bonds is 6. The number of benzene rings is 1. The fourth-order valence-corrected chi connectivity index (χ4v) is 3.72. The summed E-state index contributed by atoms with van der Waals surface area (Å²) in [7, 11) is 0. The molecule has 1 aliphatic heterocycles. The summed E-state index contributed by atoms with van der Waals surface area (Å²) in [6.07, 6.45) is 5.06. The first-order chi connectivity index (χ1) is 12.1. The molecule has 2 fully saturated rings. The highest BCUT2D eigenvalue weighted by molar-refractivity contribution is 5.99. The van der Waals surface area contributed by atoms with Gasteiger partial charge in [0.05, 0.1) is 18.4 Å². The molecule has 0 bridgehead atoms. The van der Waals surface area contributed by atoms with Crippen LogP contribution in [0.25, 0.3) is 0 Å². The fraction of sp³-hybridized carbons (Fsp3) is 0.600. The number of anilines is 1. The largest absolute Gasteiger partial charge is 0.494 e. The summed E-state index contributed by atoms with van der Waals surface area (Å²) in [5, 5.41) is 2.92. The second kappa shape index (κ2) is 7.89. The maximum atomic E-state index is 12.7. The first-order valence-corrected chi connectivity index (χ1v) is 9.48. The molecule has 0 spiro atoms. The molecule has 0 aromatic heterocycles. The van der Waals surface area contributed by atoms with E-state index in [2.05, 4.69) is 12.2 Å². The van der Waals surface area contributed by atoms with Gasteiger partial charge in [-0.25, -0.2) is 0 Å². The van der Waals surface area contributed by atoms with E-state index in [1.165, 1.54) is 6.42 Å². The summed E-state index contributed by atoms with van der Waals surface area (Å²) >= 11 is 0. The maximum Gasteiger partial charge on any atom is 0.228 e. The van der Waals surface area contributed by atoms with Gasteiger partial charge >= 0.3 is 0 Å². The molecule has 1 N–H and O–H groups in total. The SMILES string of the molecule is CCOc1ccc(NC(=O)C2CC2C(=O)N2CCCCC2CC)cc1. The molecule has 3 rings (SSSR count). The molecule has 3 atom stereocenters. The Hall–Kier alpha value is -2.04. The lowest BCUT2D eigenvalue weighted by molar-refractivity contribution is -0.137. The molecule has 1 saturated carbocycles. The molecular weight excluding hydrogens is 316 g/mol. The van der Waals surface area contributed by atoms with Gasteiger partial charge in [0.1, 0.15) is 5.75 Å². The number of carbonyl (C=O) groups excluding carboxylic acids is 2. The zero-order chi connectivity index (χ0) is 17.8. The second-order valence-corrected chi connectivity index (χ2v) is 6.98. The van der Waals surface area contributed by atoms with Crippen LogP contribution in [0.1, 0.15) is 46.0 Å². The number of nitrogens with one attached hydrogen (secondary N) is 1. The van der Waals surface area contributed by atoms with Crippen molar-refractivity contribution in [2.45, 2.75) is 52.0 Å². The molecule has 5 nitrogen and oxygen atoms in total. The Balaban J connectivity index is 1.53. The van der Waals surface area contributed by atoms with Crippen LogP contribution >= 0.6 is 0 Å². The zero-order valence-corrected chi connectivity index (χ0v) is 15.2. The van der Waals surface area contributed by atoms with Crippen molar-refractivity contribution in [2.24, 2.45) is 11.8 Å². The quantitative estimate of drug-likeness (QED) is 0.860. The molecule has 1 aromatic rings. The van der Waals surface area contributed by atoms with E-state index in [1.807, 2.05) is 36.1 Å². The van der Waals surface area contributed by atoms with Crippen LogP contribution in [0.5, 0.6) is 5.75 Å². The topological polar surface area (TPSA) is 58.6 Å². The summed E-state index contributed by atoms with van der Waals surface area (Å²) in [4.78, 5) is 27.2. The molecule has 1 aliphatic carbocycles. The maximum absolute atomic E-state index is 12.7. The number of amides is 2. The van der Waals surface area contributed by atoms with Gasteiger partial charge in [-0.2, -0.15) is 0 Å². The lowest BCUT2D eigenvalue weighted by Gasteiger charge is -2.35. The Morgan fingerprint density at radius 2 is 1.92 bits per heavy atom. The van der Waals surface area contributed by atoms with Crippen molar-refractivity contribution in [3.8, 4) is 5.75 Å². The van der Waals surface area contributed by atoms with E-state index < -0.39 is 0 Å². The molecule has 1 aromatic carbocycles. The van der Waals surface area contributed by atoms with Crippen LogP contribution in [-0.2, 0) is 9.59 Å².